The van der Waals surface area contributed by atoms with E-state index in [0.717, 1.165) is 23.2 Å². The molecule has 1 saturated carbocycles. The lowest BCUT2D eigenvalue weighted by atomic mass is 9.87. The van der Waals surface area contributed by atoms with Crippen LogP contribution in [0.2, 0.25) is 0 Å². The molecule has 74 valence electrons. The van der Waals surface area contributed by atoms with Crippen LogP contribution in [-0.4, -0.2) is 0 Å². The van der Waals surface area contributed by atoms with Crippen LogP contribution in [0.15, 0.2) is 12.1 Å². The monoisotopic (exact) mass is 188 g/mol. The third-order valence-corrected chi connectivity index (χ3v) is 3.84. The number of anilines is 2. The number of nitrogens with two attached hydrogens (primary N) is 2. The molecule has 2 nitrogen and oxygen atoms in total. The van der Waals surface area contributed by atoms with Crippen molar-refractivity contribution in [2.75, 3.05) is 11.5 Å². The average molecular weight is 188 g/mol. The maximum atomic E-state index is 5.85. The highest BCUT2D eigenvalue weighted by Crippen LogP contribution is 2.51. The summed E-state index contributed by atoms with van der Waals surface area (Å²) >= 11 is 0. The minimum Gasteiger partial charge on any atom is -0.397 e. The highest BCUT2D eigenvalue weighted by Gasteiger charge is 2.34. The Morgan fingerprint density at radius 2 is 1.43 bits per heavy atom. The van der Waals surface area contributed by atoms with Crippen LogP contribution in [0, 0.1) is 0 Å². The van der Waals surface area contributed by atoms with Gasteiger partial charge in [-0.1, -0.05) is 6.42 Å². The van der Waals surface area contributed by atoms with Gasteiger partial charge in [0, 0.05) is 0 Å². The van der Waals surface area contributed by atoms with E-state index >= 15 is 0 Å². The van der Waals surface area contributed by atoms with Gasteiger partial charge < -0.3 is 11.5 Å². The molecule has 0 aliphatic heterocycles. The Hall–Kier alpha value is -1.18. The minimum absolute atomic E-state index is 0.760. The maximum Gasteiger partial charge on any atom is 0.0550 e. The highest BCUT2D eigenvalue weighted by molar-refractivity contribution is 5.67. The molecule has 0 heterocycles. The summed E-state index contributed by atoms with van der Waals surface area (Å²) in [7, 11) is 0. The zero-order valence-corrected chi connectivity index (χ0v) is 8.29. The summed E-state index contributed by atoms with van der Waals surface area (Å²) in [4.78, 5) is 0. The molecule has 0 spiro atoms. The average Bonchev–Trinajstić information content (AvgIpc) is 2.42. The van der Waals surface area contributed by atoms with Crippen LogP contribution in [0.1, 0.15) is 48.6 Å². The standard InChI is InChI=1S/C12H16N2/c13-11-5-9-7-2-1-3-8(4-7)10(9)6-12(11)14/h5-8H,1-4,13-14H2. The first-order valence-electron chi connectivity index (χ1n) is 5.44. The Balaban J connectivity index is 2.17. The van der Waals surface area contributed by atoms with Crippen LogP contribution in [-0.2, 0) is 0 Å². The minimum atomic E-state index is 0.760. The topological polar surface area (TPSA) is 52.0 Å². The van der Waals surface area contributed by atoms with E-state index in [0.29, 0.717) is 0 Å². The third-order valence-electron chi connectivity index (χ3n) is 3.84. The Morgan fingerprint density at radius 3 is 1.93 bits per heavy atom. The Morgan fingerprint density at radius 1 is 0.929 bits per heavy atom. The molecule has 0 aromatic heterocycles. The molecule has 2 bridgehead atoms. The molecule has 1 aromatic carbocycles. The molecule has 0 radical (unpaired) electrons. The van der Waals surface area contributed by atoms with Gasteiger partial charge in [0.25, 0.3) is 0 Å². The Labute approximate surface area is 84.3 Å². The largest absolute Gasteiger partial charge is 0.397 e. The second-order valence-corrected chi connectivity index (χ2v) is 4.67. The zero-order valence-electron chi connectivity index (χ0n) is 8.29. The summed E-state index contributed by atoms with van der Waals surface area (Å²) < 4.78 is 0. The van der Waals surface area contributed by atoms with Crippen molar-refractivity contribution in [3.8, 4) is 0 Å². The molecule has 2 unspecified atom stereocenters. The lowest BCUT2D eigenvalue weighted by Crippen LogP contribution is -2.01. The first kappa shape index (κ1) is 8.16. The van der Waals surface area contributed by atoms with Gasteiger partial charge in [-0.25, -0.2) is 0 Å². The molecule has 0 saturated heterocycles. The van der Waals surface area contributed by atoms with Crippen molar-refractivity contribution in [1.29, 1.82) is 0 Å². The normalized spacial score (nSPS) is 28.9. The van der Waals surface area contributed by atoms with Crippen molar-refractivity contribution < 1.29 is 0 Å². The number of rotatable bonds is 0. The quantitative estimate of drug-likeness (QED) is 0.615. The summed E-state index contributed by atoms with van der Waals surface area (Å²) in [5.41, 5.74) is 16.2. The van der Waals surface area contributed by atoms with Crippen molar-refractivity contribution in [3.63, 3.8) is 0 Å². The van der Waals surface area contributed by atoms with Gasteiger partial charge in [0.1, 0.15) is 0 Å². The van der Waals surface area contributed by atoms with Gasteiger partial charge in [-0.2, -0.15) is 0 Å². The summed E-state index contributed by atoms with van der Waals surface area (Å²) in [6.07, 6.45) is 5.38. The maximum absolute atomic E-state index is 5.85. The first-order chi connectivity index (χ1) is 6.75. The first-order valence-corrected chi connectivity index (χ1v) is 5.44. The predicted molar refractivity (Wildman–Crippen MR) is 59.2 cm³/mol. The van der Waals surface area contributed by atoms with Gasteiger partial charge in [-0.05, 0) is 54.4 Å². The fourth-order valence-electron chi connectivity index (χ4n) is 3.13. The molecular formula is C12H16N2. The SMILES string of the molecule is Nc1cc2c(cc1N)C1CCCC2C1. The van der Waals surface area contributed by atoms with E-state index in [2.05, 4.69) is 12.1 Å². The van der Waals surface area contributed by atoms with Crippen LogP contribution in [0.3, 0.4) is 0 Å². The molecular weight excluding hydrogens is 172 g/mol. The number of hydrogen-bond donors (Lipinski definition) is 2. The molecule has 1 fully saturated rings. The van der Waals surface area contributed by atoms with Gasteiger partial charge >= 0.3 is 0 Å². The van der Waals surface area contributed by atoms with E-state index in [-0.39, 0.29) is 0 Å². The zero-order chi connectivity index (χ0) is 9.71. The molecule has 3 rings (SSSR count). The summed E-state index contributed by atoms with van der Waals surface area (Å²) in [6.45, 7) is 0. The third kappa shape index (κ3) is 0.969. The van der Waals surface area contributed by atoms with E-state index in [4.69, 9.17) is 11.5 Å². The second kappa shape index (κ2) is 2.66. The number of fused-ring (bicyclic) bond motifs is 5. The molecule has 2 aliphatic rings. The molecule has 14 heavy (non-hydrogen) atoms. The summed E-state index contributed by atoms with van der Waals surface area (Å²) in [5.74, 6) is 1.54. The van der Waals surface area contributed by atoms with Crippen molar-refractivity contribution in [2.45, 2.75) is 37.5 Å². The van der Waals surface area contributed by atoms with Gasteiger partial charge in [0.05, 0.1) is 11.4 Å². The van der Waals surface area contributed by atoms with Crippen LogP contribution in [0.4, 0.5) is 11.4 Å². The lowest BCUT2D eigenvalue weighted by Gasteiger charge is -2.18. The van der Waals surface area contributed by atoms with Crippen molar-refractivity contribution in [2.24, 2.45) is 0 Å². The molecule has 1 aromatic rings. The molecule has 0 amide bonds. The van der Waals surface area contributed by atoms with E-state index in [1.54, 1.807) is 0 Å². The summed E-state index contributed by atoms with van der Waals surface area (Å²) in [6, 6.07) is 4.22. The second-order valence-electron chi connectivity index (χ2n) is 4.67. The van der Waals surface area contributed by atoms with Gasteiger partial charge in [-0.3, -0.25) is 0 Å². The van der Waals surface area contributed by atoms with E-state index < -0.39 is 0 Å². The molecule has 2 aliphatic carbocycles. The fourth-order valence-corrected chi connectivity index (χ4v) is 3.13. The van der Waals surface area contributed by atoms with Crippen LogP contribution in [0.25, 0.3) is 0 Å². The smallest absolute Gasteiger partial charge is 0.0550 e. The number of benzene rings is 1. The number of nitrogen functional groups attached to an aromatic ring is 2. The number of hydrogen-bond acceptors (Lipinski definition) is 2. The van der Waals surface area contributed by atoms with Gasteiger partial charge in [0.2, 0.25) is 0 Å². The summed E-state index contributed by atoms with van der Waals surface area (Å²) in [5, 5.41) is 0. The van der Waals surface area contributed by atoms with Crippen LogP contribution < -0.4 is 11.5 Å². The fraction of sp³-hybridized carbons (Fsp3) is 0.500. The van der Waals surface area contributed by atoms with E-state index in [1.165, 1.54) is 36.8 Å². The van der Waals surface area contributed by atoms with Gasteiger partial charge in [-0.15, -0.1) is 0 Å². The van der Waals surface area contributed by atoms with Crippen molar-refractivity contribution in [3.05, 3.63) is 23.3 Å². The van der Waals surface area contributed by atoms with E-state index in [1.807, 2.05) is 0 Å². The lowest BCUT2D eigenvalue weighted by molar-refractivity contribution is 0.435. The van der Waals surface area contributed by atoms with Crippen molar-refractivity contribution >= 4 is 11.4 Å². The highest BCUT2D eigenvalue weighted by atomic mass is 14.7. The molecule has 4 N–H and O–H groups in total. The molecule has 2 atom stereocenters. The van der Waals surface area contributed by atoms with Crippen LogP contribution in [0.5, 0.6) is 0 Å². The Kier molecular flexibility index (Phi) is 1.55. The van der Waals surface area contributed by atoms with E-state index in [9.17, 15) is 0 Å². The van der Waals surface area contributed by atoms with Gasteiger partial charge in [0.15, 0.2) is 0 Å². The molecule has 2 heteroatoms. The van der Waals surface area contributed by atoms with Crippen LogP contribution >= 0.6 is 0 Å². The Bertz CT molecular complexity index is 349. The predicted octanol–water partition coefficient (Wildman–Crippen LogP) is 2.61. The van der Waals surface area contributed by atoms with Crippen molar-refractivity contribution in [1.82, 2.24) is 0 Å².